The quantitative estimate of drug-likeness (QED) is 0.891. The number of carbonyl (C=O) groups is 1. The molecule has 0 aromatic heterocycles. The summed E-state index contributed by atoms with van der Waals surface area (Å²) in [5, 5.41) is 6.14. The van der Waals surface area contributed by atoms with Crippen LogP contribution in [0.15, 0.2) is 22.7 Å². The van der Waals surface area contributed by atoms with Gasteiger partial charge in [0.1, 0.15) is 5.75 Å². The molecule has 1 aromatic carbocycles. The van der Waals surface area contributed by atoms with Gasteiger partial charge in [-0.1, -0.05) is 15.9 Å². The van der Waals surface area contributed by atoms with Crippen molar-refractivity contribution >= 4 is 21.8 Å². The van der Waals surface area contributed by atoms with E-state index in [2.05, 4.69) is 26.6 Å². The summed E-state index contributed by atoms with van der Waals surface area (Å²) in [6.07, 6.45) is 1.92. The van der Waals surface area contributed by atoms with E-state index in [0.29, 0.717) is 6.54 Å². The summed E-state index contributed by atoms with van der Waals surface area (Å²) < 4.78 is 6.31. The number of benzene rings is 1. The van der Waals surface area contributed by atoms with E-state index in [1.54, 1.807) is 7.11 Å². The normalized spacial score (nSPS) is 19.4. The van der Waals surface area contributed by atoms with Gasteiger partial charge in [-0.05, 0) is 31.0 Å². The van der Waals surface area contributed by atoms with Gasteiger partial charge in [-0.15, -0.1) is 0 Å². The number of ether oxygens (including phenoxy) is 1. The molecule has 0 radical (unpaired) electrons. The number of halogens is 1. The van der Waals surface area contributed by atoms with E-state index in [1.807, 2.05) is 18.2 Å². The van der Waals surface area contributed by atoms with E-state index < -0.39 is 0 Å². The van der Waals surface area contributed by atoms with Gasteiger partial charge in [0.25, 0.3) is 0 Å². The van der Waals surface area contributed by atoms with Gasteiger partial charge in [-0.2, -0.15) is 0 Å². The summed E-state index contributed by atoms with van der Waals surface area (Å²) >= 11 is 3.44. The second kappa shape index (κ2) is 6.20. The number of amides is 1. The molecule has 4 nitrogen and oxygen atoms in total. The number of piperidine rings is 1. The molecule has 98 valence electrons. The predicted molar refractivity (Wildman–Crippen MR) is 73.6 cm³/mol. The van der Waals surface area contributed by atoms with Crippen molar-refractivity contribution in [2.75, 3.05) is 13.7 Å². The summed E-state index contributed by atoms with van der Waals surface area (Å²) in [6, 6.07) is 5.77. The third kappa shape index (κ3) is 3.23. The summed E-state index contributed by atoms with van der Waals surface area (Å²) in [6.45, 7) is 1.41. The van der Waals surface area contributed by atoms with Crippen LogP contribution in [-0.2, 0) is 11.3 Å². The first-order valence-corrected chi connectivity index (χ1v) is 6.83. The van der Waals surface area contributed by atoms with Crippen LogP contribution in [0.4, 0.5) is 0 Å². The number of hydrogen-bond donors (Lipinski definition) is 2. The van der Waals surface area contributed by atoms with Crippen molar-refractivity contribution in [2.24, 2.45) is 0 Å². The summed E-state index contributed by atoms with van der Waals surface area (Å²) in [7, 11) is 1.65. The Morgan fingerprint density at radius 1 is 1.56 bits per heavy atom. The zero-order valence-corrected chi connectivity index (χ0v) is 11.9. The van der Waals surface area contributed by atoms with Crippen LogP contribution in [0.2, 0.25) is 0 Å². The highest BCUT2D eigenvalue weighted by Gasteiger charge is 2.21. The Labute approximate surface area is 115 Å². The van der Waals surface area contributed by atoms with Crippen LogP contribution >= 0.6 is 15.9 Å². The Morgan fingerprint density at radius 3 is 3.11 bits per heavy atom. The van der Waals surface area contributed by atoms with E-state index in [0.717, 1.165) is 35.2 Å². The van der Waals surface area contributed by atoms with Crippen molar-refractivity contribution in [3.63, 3.8) is 0 Å². The standard InChI is InChI=1S/C13H17BrN2O2/c1-18-12-5-4-10(14)7-9(12)8-16-11-3-2-6-15-13(11)17/h4-5,7,11,16H,2-3,6,8H2,1H3,(H,15,17). The van der Waals surface area contributed by atoms with E-state index in [-0.39, 0.29) is 11.9 Å². The number of hydrogen-bond acceptors (Lipinski definition) is 3. The lowest BCUT2D eigenvalue weighted by Gasteiger charge is -2.23. The molecular weight excluding hydrogens is 296 g/mol. The van der Waals surface area contributed by atoms with E-state index >= 15 is 0 Å². The van der Waals surface area contributed by atoms with Crippen molar-refractivity contribution in [3.8, 4) is 5.75 Å². The Kier molecular flexibility index (Phi) is 4.60. The second-order valence-electron chi connectivity index (χ2n) is 4.32. The predicted octanol–water partition coefficient (Wildman–Crippen LogP) is 1.83. The summed E-state index contributed by atoms with van der Waals surface area (Å²) in [4.78, 5) is 11.6. The molecule has 1 unspecified atom stereocenters. The molecular formula is C13H17BrN2O2. The monoisotopic (exact) mass is 312 g/mol. The Hall–Kier alpha value is -1.07. The fourth-order valence-corrected chi connectivity index (χ4v) is 2.49. The molecule has 1 amide bonds. The highest BCUT2D eigenvalue weighted by Crippen LogP contribution is 2.23. The van der Waals surface area contributed by atoms with Crippen LogP contribution in [-0.4, -0.2) is 25.6 Å². The Morgan fingerprint density at radius 2 is 2.39 bits per heavy atom. The van der Waals surface area contributed by atoms with Crippen LogP contribution in [0.25, 0.3) is 0 Å². The maximum absolute atomic E-state index is 11.6. The van der Waals surface area contributed by atoms with Gasteiger partial charge in [-0.3, -0.25) is 4.79 Å². The largest absolute Gasteiger partial charge is 0.496 e. The third-order valence-electron chi connectivity index (χ3n) is 3.07. The van der Waals surface area contributed by atoms with E-state index in [1.165, 1.54) is 0 Å². The number of nitrogens with one attached hydrogen (secondary N) is 2. The van der Waals surface area contributed by atoms with Crippen molar-refractivity contribution in [1.29, 1.82) is 0 Å². The smallest absolute Gasteiger partial charge is 0.237 e. The number of carbonyl (C=O) groups excluding carboxylic acids is 1. The zero-order valence-electron chi connectivity index (χ0n) is 10.3. The van der Waals surface area contributed by atoms with Gasteiger partial charge < -0.3 is 15.4 Å². The van der Waals surface area contributed by atoms with Crippen molar-refractivity contribution in [1.82, 2.24) is 10.6 Å². The van der Waals surface area contributed by atoms with E-state index in [4.69, 9.17) is 4.74 Å². The lowest BCUT2D eigenvalue weighted by atomic mass is 10.1. The van der Waals surface area contributed by atoms with Gasteiger partial charge in [0.05, 0.1) is 13.2 Å². The minimum atomic E-state index is -0.0950. The molecule has 2 rings (SSSR count). The van der Waals surface area contributed by atoms with Gasteiger partial charge in [0, 0.05) is 23.1 Å². The molecule has 1 aromatic rings. The van der Waals surface area contributed by atoms with Crippen molar-refractivity contribution in [3.05, 3.63) is 28.2 Å². The van der Waals surface area contributed by atoms with Gasteiger partial charge in [0.15, 0.2) is 0 Å². The van der Waals surface area contributed by atoms with Crippen LogP contribution in [0.1, 0.15) is 18.4 Å². The lowest BCUT2D eigenvalue weighted by Crippen LogP contribution is -2.47. The minimum Gasteiger partial charge on any atom is -0.496 e. The molecule has 0 spiro atoms. The average Bonchev–Trinajstić information content (AvgIpc) is 2.38. The van der Waals surface area contributed by atoms with Crippen LogP contribution in [0.3, 0.4) is 0 Å². The second-order valence-corrected chi connectivity index (χ2v) is 5.24. The van der Waals surface area contributed by atoms with Crippen LogP contribution in [0.5, 0.6) is 5.75 Å². The molecule has 1 aliphatic heterocycles. The third-order valence-corrected chi connectivity index (χ3v) is 3.56. The highest BCUT2D eigenvalue weighted by molar-refractivity contribution is 9.10. The molecule has 18 heavy (non-hydrogen) atoms. The molecule has 0 aliphatic carbocycles. The number of rotatable bonds is 4. The maximum atomic E-state index is 11.6. The van der Waals surface area contributed by atoms with Gasteiger partial charge >= 0.3 is 0 Å². The van der Waals surface area contributed by atoms with Crippen LogP contribution < -0.4 is 15.4 Å². The fraction of sp³-hybridized carbons (Fsp3) is 0.462. The van der Waals surface area contributed by atoms with Crippen LogP contribution in [0, 0.1) is 0 Å². The molecule has 1 saturated heterocycles. The highest BCUT2D eigenvalue weighted by atomic mass is 79.9. The zero-order chi connectivity index (χ0) is 13.0. The topological polar surface area (TPSA) is 50.4 Å². The molecule has 2 N–H and O–H groups in total. The molecule has 1 fully saturated rings. The lowest BCUT2D eigenvalue weighted by molar-refractivity contribution is -0.124. The molecule has 0 bridgehead atoms. The van der Waals surface area contributed by atoms with Gasteiger partial charge in [-0.25, -0.2) is 0 Å². The number of methoxy groups -OCH3 is 1. The first-order valence-electron chi connectivity index (χ1n) is 6.04. The Balaban J connectivity index is 2.00. The molecule has 1 atom stereocenters. The molecule has 1 heterocycles. The fourth-order valence-electron chi connectivity index (χ4n) is 2.09. The Bertz CT molecular complexity index is 437. The SMILES string of the molecule is COc1ccc(Br)cc1CNC1CCCNC1=O. The maximum Gasteiger partial charge on any atom is 0.237 e. The average molecular weight is 313 g/mol. The summed E-state index contributed by atoms with van der Waals surface area (Å²) in [5.74, 6) is 0.928. The van der Waals surface area contributed by atoms with Crippen molar-refractivity contribution in [2.45, 2.75) is 25.4 Å². The van der Waals surface area contributed by atoms with Crippen molar-refractivity contribution < 1.29 is 9.53 Å². The minimum absolute atomic E-state index is 0.0928. The molecule has 5 heteroatoms. The summed E-state index contributed by atoms with van der Waals surface area (Å²) in [5.41, 5.74) is 1.05. The van der Waals surface area contributed by atoms with E-state index in [9.17, 15) is 4.79 Å². The first kappa shape index (κ1) is 13.4. The van der Waals surface area contributed by atoms with Gasteiger partial charge in [0.2, 0.25) is 5.91 Å². The molecule has 1 aliphatic rings. The first-order chi connectivity index (χ1) is 8.70. The molecule has 0 saturated carbocycles.